The zero-order valence-corrected chi connectivity index (χ0v) is 22.0. The number of aliphatic carboxylic acids is 1. The number of hydrogen-bond donors (Lipinski definition) is 2. The molecule has 2 fully saturated rings. The van der Waals surface area contributed by atoms with Gasteiger partial charge in [0.05, 0.1) is 12.0 Å². The largest absolute Gasteiger partial charge is 0.481 e. The van der Waals surface area contributed by atoms with Gasteiger partial charge in [-0.05, 0) is 110 Å². The van der Waals surface area contributed by atoms with Gasteiger partial charge in [-0.25, -0.2) is 0 Å². The van der Waals surface area contributed by atoms with Crippen molar-refractivity contribution in [1.29, 1.82) is 0 Å². The van der Waals surface area contributed by atoms with E-state index in [2.05, 4.69) is 66.7 Å². The lowest BCUT2D eigenvalue weighted by Gasteiger charge is -2.61. The van der Waals surface area contributed by atoms with Crippen LogP contribution in [0.2, 0.25) is 0 Å². The molecule has 0 aromatic carbocycles. The Morgan fingerprint density at radius 2 is 1.79 bits per heavy atom. The number of carboxylic acid groups (broad SMARTS) is 1. The summed E-state index contributed by atoms with van der Waals surface area (Å²) in [5, 5.41) is 21.0. The lowest BCUT2D eigenvalue weighted by Crippen LogP contribution is -2.54. The number of rotatable bonds is 5. The topological polar surface area (TPSA) is 57.5 Å². The second-order valence-electron chi connectivity index (χ2n) is 13.2. The maximum atomic E-state index is 12.4. The minimum Gasteiger partial charge on any atom is -0.481 e. The zero-order valence-electron chi connectivity index (χ0n) is 22.0. The minimum absolute atomic E-state index is 0.0245. The Labute approximate surface area is 201 Å². The lowest BCUT2D eigenvalue weighted by molar-refractivity contribution is -0.146. The van der Waals surface area contributed by atoms with Crippen LogP contribution in [-0.4, -0.2) is 22.3 Å². The average Bonchev–Trinajstić information content (AvgIpc) is 3.00. The number of aliphatic hydroxyl groups excluding tert-OH is 1. The fraction of sp³-hybridized carbons (Fsp3) is 0.767. The van der Waals surface area contributed by atoms with Crippen molar-refractivity contribution in [2.45, 2.75) is 106 Å². The van der Waals surface area contributed by atoms with Crippen molar-refractivity contribution >= 4 is 5.97 Å². The van der Waals surface area contributed by atoms with E-state index < -0.39 is 5.97 Å². The molecule has 0 aromatic heterocycles. The predicted molar refractivity (Wildman–Crippen MR) is 135 cm³/mol. The van der Waals surface area contributed by atoms with Gasteiger partial charge in [-0.1, -0.05) is 58.4 Å². The van der Waals surface area contributed by atoms with Crippen LogP contribution in [0.1, 0.15) is 99.8 Å². The van der Waals surface area contributed by atoms with Gasteiger partial charge in [-0.3, -0.25) is 4.79 Å². The standard InChI is InChI=1S/C30H46O3/c1-19(2)9-8-10-20(26(32)33)21-13-17-30(7)23-11-12-24-27(3,4)25(31)15-16-28(24,5)22(23)14-18-29(21,30)6/h9,11,14,20-21,24-25,31H,8,10,12-13,15-18H2,1-7H3,(H,32,33)/t20-,21+,24-,25-,28+,29+,30-/m0/s1. The first-order valence-electron chi connectivity index (χ1n) is 13.2. The van der Waals surface area contributed by atoms with Gasteiger partial charge in [-0.15, -0.1) is 0 Å². The molecule has 0 heterocycles. The van der Waals surface area contributed by atoms with Gasteiger partial charge in [-0.2, -0.15) is 0 Å². The molecule has 3 heteroatoms. The Morgan fingerprint density at radius 3 is 2.42 bits per heavy atom. The van der Waals surface area contributed by atoms with Crippen molar-refractivity contribution < 1.29 is 15.0 Å². The molecule has 2 N–H and O–H groups in total. The van der Waals surface area contributed by atoms with E-state index in [1.807, 2.05) is 0 Å². The Kier molecular flexibility index (Phi) is 6.08. The monoisotopic (exact) mass is 454 g/mol. The summed E-state index contributed by atoms with van der Waals surface area (Å²) in [4.78, 5) is 12.4. The van der Waals surface area contributed by atoms with Crippen LogP contribution in [-0.2, 0) is 4.79 Å². The summed E-state index contributed by atoms with van der Waals surface area (Å²) in [6.45, 7) is 16.0. The van der Waals surface area contributed by atoms with E-state index in [0.29, 0.717) is 5.92 Å². The molecule has 4 aliphatic carbocycles. The quantitative estimate of drug-likeness (QED) is 0.428. The van der Waals surface area contributed by atoms with E-state index in [4.69, 9.17) is 0 Å². The minimum atomic E-state index is -0.616. The molecule has 0 spiro atoms. The second kappa shape index (κ2) is 8.11. The van der Waals surface area contributed by atoms with Gasteiger partial charge >= 0.3 is 5.97 Å². The van der Waals surface area contributed by atoms with E-state index in [0.717, 1.165) is 51.4 Å². The van der Waals surface area contributed by atoms with Crippen LogP contribution in [0.25, 0.3) is 0 Å². The highest BCUT2D eigenvalue weighted by Crippen LogP contribution is 2.71. The van der Waals surface area contributed by atoms with Crippen LogP contribution in [0.4, 0.5) is 0 Å². The molecule has 4 aliphatic rings. The first-order valence-corrected chi connectivity index (χ1v) is 13.2. The number of carbonyl (C=O) groups is 1. The lowest BCUT2D eigenvalue weighted by atomic mass is 9.44. The Hall–Kier alpha value is -1.35. The van der Waals surface area contributed by atoms with Gasteiger partial charge in [0, 0.05) is 0 Å². The van der Waals surface area contributed by atoms with Crippen molar-refractivity contribution in [2.24, 2.45) is 39.4 Å². The number of fused-ring (bicyclic) bond motifs is 5. The summed E-state index contributed by atoms with van der Waals surface area (Å²) in [6, 6.07) is 0. The summed E-state index contributed by atoms with van der Waals surface area (Å²) >= 11 is 0. The van der Waals surface area contributed by atoms with Crippen molar-refractivity contribution in [3.8, 4) is 0 Å². The van der Waals surface area contributed by atoms with Gasteiger partial charge in [0.1, 0.15) is 0 Å². The van der Waals surface area contributed by atoms with Gasteiger partial charge < -0.3 is 10.2 Å². The highest BCUT2D eigenvalue weighted by Gasteiger charge is 2.63. The third-order valence-corrected chi connectivity index (χ3v) is 11.1. The fourth-order valence-corrected chi connectivity index (χ4v) is 8.73. The molecule has 4 rings (SSSR count). The molecule has 0 amide bonds. The van der Waals surface area contributed by atoms with Crippen LogP contribution < -0.4 is 0 Å². The number of carboxylic acids is 1. The first-order chi connectivity index (χ1) is 15.3. The molecule has 3 nitrogen and oxygen atoms in total. The van der Waals surface area contributed by atoms with E-state index in [1.165, 1.54) is 16.7 Å². The Bertz CT molecular complexity index is 904. The molecule has 0 bridgehead atoms. The van der Waals surface area contributed by atoms with Crippen LogP contribution >= 0.6 is 0 Å². The molecule has 0 unspecified atom stereocenters. The molecule has 0 aromatic rings. The molecule has 0 radical (unpaired) electrons. The molecule has 0 aliphatic heterocycles. The third kappa shape index (κ3) is 3.51. The summed E-state index contributed by atoms with van der Waals surface area (Å²) in [5.41, 5.74) is 4.32. The van der Waals surface area contributed by atoms with Gasteiger partial charge in [0.25, 0.3) is 0 Å². The third-order valence-electron chi connectivity index (χ3n) is 11.1. The number of allylic oxidation sites excluding steroid dienone is 6. The van der Waals surface area contributed by atoms with Crippen LogP contribution in [0, 0.1) is 39.4 Å². The van der Waals surface area contributed by atoms with Gasteiger partial charge in [0.15, 0.2) is 0 Å². The number of aliphatic hydroxyl groups is 1. The van der Waals surface area contributed by atoms with Crippen LogP contribution in [0.5, 0.6) is 0 Å². The molecule has 33 heavy (non-hydrogen) atoms. The van der Waals surface area contributed by atoms with E-state index in [-0.39, 0.29) is 39.6 Å². The maximum absolute atomic E-state index is 12.4. The van der Waals surface area contributed by atoms with E-state index >= 15 is 0 Å². The normalized spacial score (nSPS) is 42.2. The first kappa shape index (κ1) is 24.8. The van der Waals surface area contributed by atoms with E-state index in [9.17, 15) is 15.0 Å². The van der Waals surface area contributed by atoms with Crippen molar-refractivity contribution in [3.63, 3.8) is 0 Å². The molecule has 184 valence electrons. The predicted octanol–water partition coefficient (Wildman–Crippen LogP) is 7.32. The highest BCUT2D eigenvalue weighted by atomic mass is 16.4. The summed E-state index contributed by atoms with van der Waals surface area (Å²) in [5.74, 6) is -0.238. The zero-order chi connectivity index (χ0) is 24.4. The van der Waals surface area contributed by atoms with Crippen LogP contribution in [0.15, 0.2) is 34.9 Å². The Balaban J connectivity index is 1.70. The van der Waals surface area contributed by atoms with E-state index in [1.54, 1.807) is 0 Å². The van der Waals surface area contributed by atoms with Crippen LogP contribution in [0.3, 0.4) is 0 Å². The highest BCUT2D eigenvalue weighted by molar-refractivity contribution is 5.71. The van der Waals surface area contributed by atoms with Crippen molar-refractivity contribution in [2.75, 3.05) is 0 Å². The fourth-order valence-electron chi connectivity index (χ4n) is 8.73. The van der Waals surface area contributed by atoms with Crippen molar-refractivity contribution in [3.05, 3.63) is 34.9 Å². The summed E-state index contributed by atoms with van der Waals surface area (Å²) in [6.07, 6.45) is 14.5. The number of hydrogen-bond acceptors (Lipinski definition) is 2. The second-order valence-corrected chi connectivity index (χ2v) is 13.2. The summed E-state index contributed by atoms with van der Waals surface area (Å²) in [7, 11) is 0. The SMILES string of the molecule is CC(C)=CCC[C@H](C(=O)O)[C@H]1CC[C@@]2(C)C3=CC[C@H]4C(C)(C)[C@@H](O)CC[C@]4(C)C3=CC[C@]12C. The Morgan fingerprint density at radius 1 is 1.09 bits per heavy atom. The smallest absolute Gasteiger partial charge is 0.306 e. The summed E-state index contributed by atoms with van der Waals surface area (Å²) < 4.78 is 0. The molecule has 2 saturated carbocycles. The van der Waals surface area contributed by atoms with Gasteiger partial charge in [0.2, 0.25) is 0 Å². The van der Waals surface area contributed by atoms with Crippen molar-refractivity contribution in [1.82, 2.24) is 0 Å². The molecule has 7 atom stereocenters. The molecule has 0 saturated heterocycles. The molecular formula is C30H46O3. The average molecular weight is 455 g/mol. The molecular weight excluding hydrogens is 408 g/mol. The maximum Gasteiger partial charge on any atom is 0.306 e.